The zero-order valence-electron chi connectivity index (χ0n) is 16.0. The average Bonchev–Trinajstić information content (AvgIpc) is 2.45. The monoisotopic (exact) mass is 455 g/mol. The molecular formula is C16H34IN5O2. The van der Waals surface area contributed by atoms with Crippen molar-refractivity contribution in [3.8, 4) is 0 Å². The minimum Gasteiger partial charge on any atom is -0.356 e. The molecule has 0 aromatic carbocycles. The standard InChI is InChI=1S/C16H33N5O2.HI/c1-8-17-14(23)16(4,5)11-20-15(18-9-12(2)3)19-10-13(22)21(6)7;/h12H,8-11H2,1-7H3,(H,17,23)(H2,18,19,20);1H. The summed E-state index contributed by atoms with van der Waals surface area (Å²) in [6.45, 7) is 11.7. The number of amides is 2. The number of likely N-dealkylation sites (N-methyl/N-ethyl adjacent to an activating group) is 1. The van der Waals surface area contributed by atoms with Gasteiger partial charge in [0, 0.05) is 33.7 Å². The van der Waals surface area contributed by atoms with E-state index < -0.39 is 5.41 Å². The highest BCUT2D eigenvalue weighted by molar-refractivity contribution is 14.0. The lowest BCUT2D eigenvalue weighted by Crippen LogP contribution is -2.48. The first-order valence-corrected chi connectivity index (χ1v) is 8.10. The van der Waals surface area contributed by atoms with Gasteiger partial charge in [-0.3, -0.25) is 9.59 Å². The number of carbonyl (C=O) groups excluding carboxylic acids is 2. The SMILES string of the molecule is CCNC(=O)C(C)(C)CNC(=NCC(=O)N(C)C)NCC(C)C.I. The van der Waals surface area contributed by atoms with E-state index >= 15 is 0 Å². The van der Waals surface area contributed by atoms with Crippen molar-refractivity contribution in [3.63, 3.8) is 0 Å². The molecule has 0 unspecified atom stereocenters. The summed E-state index contributed by atoms with van der Waals surface area (Å²) in [5.41, 5.74) is -0.568. The molecule has 0 fully saturated rings. The van der Waals surface area contributed by atoms with Crippen LogP contribution < -0.4 is 16.0 Å². The van der Waals surface area contributed by atoms with E-state index in [-0.39, 0.29) is 42.3 Å². The highest BCUT2D eigenvalue weighted by atomic mass is 127. The van der Waals surface area contributed by atoms with Crippen LogP contribution in [0.25, 0.3) is 0 Å². The zero-order valence-corrected chi connectivity index (χ0v) is 18.4. The molecule has 0 aromatic rings. The minimum atomic E-state index is -0.568. The van der Waals surface area contributed by atoms with Gasteiger partial charge in [-0.2, -0.15) is 0 Å². The van der Waals surface area contributed by atoms with Crippen LogP contribution in [-0.2, 0) is 9.59 Å². The van der Waals surface area contributed by atoms with Gasteiger partial charge in [0.05, 0.1) is 5.41 Å². The molecule has 0 aromatic heterocycles. The first kappa shape index (κ1) is 25.2. The Bertz CT molecular complexity index is 423. The highest BCUT2D eigenvalue weighted by Crippen LogP contribution is 2.13. The Kier molecular flexibility index (Phi) is 12.9. The number of aliphatic imine (C=N–C) groups is 1. The summed E-state index contributed by atoms with van der Waals surface area (Å²) < 4.78 is 0. The number of nitrogens with zero attached hydrogens (tertiary/aromatic N) is 2. The summed E-state index contributed by atoms with van der Waals surface area (Å²) in [6.07, 6.45) is 0. The van der Waals surface area contributed by atoms with Crippen molar-refractivity contribution in [2.75, 3.05) is 40.3 Å². The molecule has 0 bridgehead atoms. The Morgan fingerprint density at radius 1 is 1.12 bits per heavy atom. The summed E-state index contributed by atoms with van der Waals surface area (Å²) in [4.78, 5) is 29.5. The smallest absolute Gasteiger partial charge is 0.243 e. The molecule has 2 amide bonds. The van der Waals surface area contributed by atoms with E-state index in [4.69, 9.17) is 0 Å². The lowest BCUT2D eigenvalue weighted by molar-refractivity contribution is -0.129. The highest BCUT2D eigenvalue weighted by Gasteiger charge is 2.27. The van der Waals surface area contributed by atoms with Crippen LogP contribution in [0.15, 0.2) is 4.99 Å². The maximum atomic E-state index is 12.0. The first-order valence-electron chi connectivity index (χ1n) is 8.10. The van der Waals surface area contributed by atoms with Gasteiger partial charge in [-0.05, 0) is 26.7 Å². The van der Waals surface area contributed by atoms with Gasteiger partial charge in [-0.1, -0.05) is 13.8 Å². The molecule has 3 N–H and O–H groups in total. The number of carbonyl (C=O) groups is 2. The van der Waals surface area contributed by atoms with Crippen LogP contribution in [0.1, 0.15) is 34.6 Å². The zero-order chi connectivity index (χ0) is 18.0. The summed E-state index contributed by atoms with van der Waals surface area (Å²) in [7, 11) is 3.40. The summed E-state index contributed by atoms with van der Waals surface area (Å²) in [5.74, 6) is 0.910. The van der Waals surface area contributed by atoms with Crippen molar-refractivity contribution < 1.29 is 9.59 Å². The molecule has 0 atom stereocenters. The van der Waals surface area contributed by atoms with E-state index in [1.54, 1.807) is 14.1 Å². The minimum absolute atomic E-state index is 0. The van der Waals surface area contributed by atoms with E-state index in [1.165, 1.54) is 4.90 Å². The Morgan fingerprint density at radius 3 is 2.17 bits per heavy atom. The number of hydrogen-bond acceptors (Lipinski definition) is 3. The first-order chi connectivity index (χ1) is 10.6. The van der Waals surface area contributed by atoms with Crippen LogP contribution in [-0.4, -0.2) is 62.9 Å². The second-order valence-corrected chi connectivity index (χ2v) is 6.82. The quantitative estimate of drug-likeness (QED) is 0.290. The van der Waals surface area contributed by atoms with Gasteiger partial charge in [0.25, 0.3) is 0 Å². The molecule has 0 spiro atoms. The lowest BCUT2D eigenvalue weighted by Gasteiger charge is -2.25. The van der Waals surface area contributed by atoms with Crippen molar-refractivity contribution in [2.24, 2.45) is 16.3 Å². The van der Waals surface area contributed by atoms with Gasteiger partial charge >= 0.3 is 0 Å². The van der Waals surface area contributed by atoms with E-state index in [9.17, 15) is 9.59 Å². The number of halogens is 1. The van der Waals surface area contributed by atoms with Crippen molar-refractivity contribution in [1.82, 2.24) is 20.9 Å². The molecule has 0 heterocycles. The van der Waals surface area contributed by atoms with Gasteiger partial charge in [0.1, 0.15) is 6.54 Å². The topological polar surface area (TPSA) is 85.8 Å². The number of hydrogen-bond donors (Lipinski definition) is 3. The van der Waals surface area contributed by atoms with Gasteiger partial charge in [-0.25, -0.2) is 4.99 Å². The van der Waals surface area contributed by atoms with Crippen LogP contribution in [0, 0.1) is 11.3 Å². The molecular weight excluding hydrogens is 421 g/mol. The van der Waals surface area contributed by atoms with Crippen LogP contribution in [0.4, 0.5) is 0 Å². The van der Waals surface area contributed by atoms with E-state index in [0.717, 1.165) is 6.54 Å². The molecule has 0 rings (SSSR count). The normalized spacial score (nSPS) is 11.6. The van der Waals surface area contributed by atoms with Crippen molar-refractivity contribution in [2.45, 2.75) is 34.6 Å². The molecule has 0 aliphatic carbocycles. The molecule has 24 heavy (non-hydrogen) atoms. The number of rotatable bonds is 8. The lowest BCUT2D eigenvalue weighted by atomic mass is 9.92. The fraction of sp³-hybridized carbons (Fsp3) is 0.812. The predicted octanol–water partition coefficient (Wildman–Crippen LogP) is 1.05. The molecule has 0 aliphatic rings. The van der Waals surface area contributed by atoms with Crippen LogP contribution in [0.5, 0.6) is 0 Å². The molecule has 0 saturated heterocycles. The molecule has 0 saturated carbocycles. The maximum Gasteiger partial charge on any atom is 0.243 e. The summed E-state index contributed by atoms with van der Waals surface area (Å²) >= 11 is 0. The second-order valence-electron chi connectivity index (χ2n) is 6.82. The fourth-order valence-electron chi connectivity index (χ4n) is 1.55. The van der Waals surface area contributed by atoms with Crippen LogP contribution in [0.2, 0.25) is 0 Å². The van der Waals surface area contributed by atoms with E-state index in [0.29, 0.717) is 25.0 Å². The molecule has 8 heteroatoms. The van der Waals surface area contributed by atoms with Crippen LogP contribution in [0.3, 0.4) is 0 Å². The number of guanidine groups is 1. The largest absolute Gasteiger partial charge is 0.356 e. The second kappa shape index (κ2) is 12.3. The third-order valence-corrected chi connectivity index (χ3v) is 3.20. The third kappa shape index (κ3) is 10.7. The Morgan fingerprint density at radius 2 is 1.71 bits per heavy atom. The summed E-state index contributed by atoms with van der Waals surface area (Å²) in [5, 5.41) is 9.17. The van der Waals surface area contributed by atoms with E-state index in [2.05, 4.69) is 34.8 Å². The van der Waals surface area contributed by atoms with Crippen molar-refractivity contribution in [3.05, 3.63) is 0 Å². The maximum absolute atomic E-state index is 12.0. The van der Waals surface area contributed by atoms with Crippen LogP contribution >= 0.6 is 24.0 Å². The Labute approximate surface area is 163 Å². The molecule has 0 radical (unpaired) electrons. The molecule has 142 valence electrons. The van der Waals surface area contributed by atoms with Crippen molar-refractivity contribution >= 4 is 41.8 Å². The van der Waals surface area contributed by atoms with Gasteiger partial charge in [0.15, 0.2) is 5.96 Å². The fourth-order valence-corrected chi connectivity index (χ4v) is 1.55. The van der Waals surface area contributed by atoms with Gasteiger partial charge < -0.3 is 20.9 Å². The van der Waals surface area contributed by atoms with Crippen molar-refractivity contribution in [1.29, 1.82) is 0 Å². The Balaban J connectivity index is 0. The van der Waals surface area contributed by atoms with E-state index in [1.807, 2.05) is 20.8 Å². The Hall–Kier alpha value is -1.06. The molecule has 7 nitrogen and oxygen atoms in total. The predicted molar refractivity (Wildman–Crippen MR) is 110 cm³/mol. The average molecular weight is 455 g/mol. The summed E-state index contributed by atoms with van der Waals surface area (Å²) in [6, 6.07) is 0. The van der Waals surface area contributed by atoms with Gasteiger partial charge in [0.2, 0.25) is 11.8 Å². The number of nitrogens with one attached hydrogen (secondary N) is 3. The third-order valence-electron chi connectivity index (χ3n) is 3.20. The molecule has 0 aliphatic heterocycles. The van der Waals surface area contributed by atoms with Gasteiger partial charge in [-0.15, -0.1) is 24.0 Å².